The van der Waals surface area contributed by atoms with Gasteiger partial charge in [-0.25, -0.2) is 8.42 Å². The molecule has 1 N–H and O–H groups in total. The largest absolute Gasteiger partial charge is 0.493 e. The summed E-state index contributed by atoms with van der Waals surface area (Å²) in [6, 6.07) is 8.04. The van der Waals surface area contributed by atoms with Crippen LogP contribution in [0.4, 0.5) is 5.69 Å². The van der Waals surface area contributed by atoms with Crippen molar-refractivity contribution in [1.29, 1.82) is 0 Å². The topological polar surface area (TPSA) is 64.6 Å². The maximum Gasteiger partial charge on any atom is 0.271 e. The fourth-order valence-corrected chi connectivity index (χ4v) is 5.20. The maximum atomic E-state index is 12.4. The summed E-state index contributed by atoms with van der Waals surface area (Å²) in [6.45, 7) is 0. The summed E-state index contributed by atoms with van der Waals surface area (Å²) in [5.74, 6) is 1.14. The predicted octanol–water partition coefficient (Wildman–Crippen LogP) is 4.53. The molecule has 1 aromatic carbocycles. The van der Waals surface area contributed by atoms with E-state index in [-0.39, 0.29) is 10.3 Å². The van der Waals surface area contributed by atoms with Crippen LogP contribution in [0.1, 0.15) is 25.7 Å². The number of rotatable bonds is 6. The number of nitrogens with one attached hydrogen (secondary N) is 1. The molecule has 1 aromatic heterocycles. The van der Waals surface area contributed by atoms with Gasteiger partial charge in [0, 0.05) is 6.07 Å². The van der Waals surface area contributed by atoms with Crippen LogP contribution in [0.3, 0.4) is 0 Å². The van der Waals surface area contributed by atoms with Gasteiger partial charge in [0.1, 0.15) is 4.21 Å². The van der Waals surface area contributed by atoms with Crippen molar-refractivity contribution in [1.82, 2.24) is 0 Å². The zero-order valence-corrected chi connectivity index (χ0v) is 15.5. The average Bonchev–Trinajstić information content (AvgIpc) is 3.19. The second kappa shape index (κ2) is 7.21. The number of hydrogen-bond acceptors (Lipinski definition) is 5. The van der Waals surface area contributed by atoms with E-state index < -0.39 is 10.0 Å². The Labute approximate surface area is 150 Å². The van der Waals surface area contributed by atoms with Gasteiger partial charge in [-0.3, -0.25) is 4.72 Å². The summed E-state index contributed by atoms with van der Waals surface area (Å²) in [5, 5.41) is 0. The van der Waals surface area contributed by atoms with Gasteiger partial charge >= 0.3 is 0 Å². The summed E-state index contributed by atoms with van der Waals surface area (Å²) < 4.78 is 39.2. The number of methoxy groups -OCH3 is 1. The quantitative estimate of drug-likeness (QED) is 0.790. The van der Waals surface area contributed by atoms with Crippen molar-refractivity contribution in [2.75, 3.05) is 11.8 Å². The Kier molecular flexibility index (Phi) is 5.22. The lowest BCUT2D eigenvalue weighted by Crippen LogP contribution is -2.13. The summed E-state index contributed by atoms with van der Waals surface area (Å²) in [7, 11) is -2.10. The minimum atomic E-state index is -3.67. The van der Waals surface area contributed by atoms with E-state index in [1.165, 1.54) is 6.07 Å². The number of thiophene rings is 1. The number of sulfonamides is 1. The molecule has 2 aromatic rings. The third-order valence-electron chi connectivity index (χ3n) is 3.83. The zero-order valence-electron chi connectivity index (χ0n) is 13.1. The van der Waals surface area contributed by atoms with E-state index in [2.05, 4.69) is 4.72 Å². The number of ether oxygens (including phenoxy) is 2. The predicted molar refractivity (Wildman–Crippen MR) is 96.0 cm³/mol. The number of anilines is 1. The van der Waals surface area contributed by atoms with E-state index in [9.17, 15) is 8.42 Å². The molecule has 0 aliphatic heterocycles. The molecule has 3 rings (SSSR count). The first-order chi connectivity index (χ1) is 11.5. The van der Waals surface area contributed by atoms with Crippen LogP contribution in [-0.4, -0.2) is 21.6 Å². The molecule has 0 saturated heterocycles. The highest BCUT2D eigenvalue weighted by Gasteiger charge is 2.21. The number of benzene rings is 1. The van der Waals surface area contributed by atoms with Gasteiger partial charge in [0.2, 0.25) is 0 Å². The monoisotopic (exact) mass is 387 g/mol. The van der Waals surface area contributed by atoms with E-state index in [4.69, 9.17) is 21.1 Å². The minimum Gasteiger partial charge on any atom is -0.493 e. The Bertz CT molecular complexity index is 813. The third-order valence-corrected chi connectivity index (χ3v) is 6.93. The SMILES string of the molecule is COc1ccc(NS(=O)(=O)c2ccc(Cl)s2)cc1OC1CCCC1. The Morgan fingerprint density at radius 2 is 1.92 bits per heavy atom. The Balaban J connectivity index is 1.83. The second-order valence-corrected chi connectivity index (χ2v) is 9.18. The summed E-state index contributed by atoms with van der Waals surface area (Å²) in [4.78, 5) is 0. The molecule has 130 valence electrons. The molecule has 0 spiro atoms. The Morgan fingerprint density at radius 1 is 1.17 bits per heavy atom. The van der Waals surface area contributed by atoms with Crippen LogP contribution < -0.4 is 14.2 Å². The first-order valence-corrected chi connectivity index (χ1v) is 10.3. The molecule has 0 bridgehead atoms. The molecular weight excluding hydrogens is 370 g/mol. The Morgan fingerprint density at radius 3 is 2.54 bits per heavy atom. The minimum absolute atomic E-state index is 0.154. The number of halogens is 1. The zero-order chi connectivity index (χ0) is 17.2. The fourth-order valence-electron chi connectivity index (χ4n) is 2.67. The van der Waals surface area contributed by atoms with Crippen molar-refractivity contribution >= 4 is 38.6 Å². The summed E-state index contributed by atoms with van der Waals surface area (Å²) in [6.07, 6.45) is 4.47. The molecule has 5 nitrogen and oxygen atoms in total. The standard InChI is InChI=1S/C16H18ClNO4S2/c1-21-13-7-6-11(10-14(13)22-12-4-2-3-5-12)18-24(19,20)16-9-8-15(17)23-16/h6-10,12,18H,2-5H2,1H3. The Hall–Kier alpha value is -1.44. The molecule has 24 heavy (non-hydrogen) atoms. The van der Waals surface area contributed by atoms with Gasteiger partial charge in [-0.05, 0) is 49.9 Å². The van der Waals surface area contributed by atoms with Crippen LogP contribution >= 0.6 is 22.9 Å². The van der Waals surface area contributed by atoms with Crippen LogP contribution in [0.5, 0.6) is 11.5 Å². The molecule has 8 heteroatoms. The molecule has 0 amide bonds. The molecule has 1 saturated carbocycles. The molecule has 1 fully saturated rings. The van der Waals surface area contributed by atoms with Crippen molar-refractivity contribution in [3.63, 3.8) is 0 Å². The lowest BCUT2D eigenvalue weighted by atomic mass is 10.2. The summed E-state index contributed by atoms with van der Waals surface area (Å²) >= 11 is 6.83. The van der Waals surface area contributed by atoms with Crippen LogP contribution in [-0.2, 0) is 10.0 Å². The molecule has 1 heterocycles. The van der Waals surface area contributed by atoms with Crippen LogP contribution in [0.2, 0.25) is 4.34 Å². The highest BCUT2D eigenvalue weighted by molar-refractivity contribution is 7.94. The maximum absolute atomic E-state index is 12.4. The van der Waals surface area contributed by atoms with Gasteiger partial charge in [0.05, 0.1) is 23.2 Å². The molecule has 1 aliphatic rings. The molecule has 0 atom stereocenters. The lowest BCUT2D eigenvalue weighted by Gasteiger charge is -2.17. The van der Waals surface area contributed by atoms with Crippen molar-refractivity contribution in [3.8, 4) is 11.5 Å². The van der Waals surface area contributed by atoms with Crippen LogP contribution in [0, 0.1) is 0 Å². The summed E-state index contributed by atoms with van der Waals surface area (Å²) in [5.41, 5.74) is 0.424. The molecule has 1 aliphatic carbocycles. The number of hydrogen-bond donors (Lipinski definition) is 1. The van der Waals surface area contributed by atoms with Gasteiger partial charge in [-0.1, -0.05) is 11.6 Å². The van der Waals surface area contributed by atoms with Crippen molar-refractivity contribution < 1.29 is 17.9 Å². The van der Waals surface area contributed by atoms with Gasteiger partial charge in [-0.2, -0.15) is 0 Å². The van der Waals surface area contributed by atoms with Crippen LogP contribution in [0.15, 0.2) is 34.5 Å². The normalized spacial score (nSPS) is 15.4. The molecule has 0 radical (unpaired) electrons. The van der Waals surface area contributed by atoms with E-state index in [0.717, 1.165) is 37.0 Å². The smallest absolute Gasteiger partial charge is 0.271 e. The third kappa shape index (κ3) is 3.96. The van der Waals surface area contributed by atoms with E-state index >= 15 is 0 Å². The first kappa shape index (κ1) is 17.4. The van der Waals surface area contributed by atoms with Gasteiger partial charge in [0.15, 0.2) is 11.5 Å². The van der Waals surface area contributed by atoms with Crippen molar-refractivity contribution in [2.45, 2.75) is 36.0 Å². The van der Waals surface area contributed by atoms with E-state index in [0.29, 0.717) is 21.5 Å². The first-order valence-electron chi connectivity index (χ1n) is 7.61. The second-order valence-electron chi connectivity index (χ2n) is 5.55. The highest BCUT2D eigenvalue weighted by Crippen LogP contribution is 2.35. The van der Waals surface area contributed by atoms with Gasteiger partial charge in [-0.15, -0.1) is 11.3 Å². The van der Waals surface area contributed by atoms with Crippen LogP contribution in [0.25, 0.3) is 0 Å². The highest BCUT2D eigenvalue weighted by atomic mass is 35.5. The lowest BCUT2D eigenvalue weighted by molar-refractivity contribution is 0.201. The van der Waals surface area contributed by atoms with Crippen molar-refractivity contribution in [2.24, 2.45) is 0 Å². The van der Waals surface area contributed by atoms with Gasteiger partial charge in [0.25, 0.3) is 10.0 Å². The van der Waals surface area contributed by atoms with Crippen molar-refractivity contribution in [3.05, 3.63) is 34.7 Å². The fraction of sp³-hybridized carbons (Fsp3) is 0.375. The van der Waals surface area contributed by atoms with E-state index in [1.54, 1.807) is 31.4 Å². The average molecular weight is 388 g/mol. The molecular formula is C16H18ClNO4S2. The van der Waals surface area contributed by atoms with E-state index in [1.807, 2.05) is 0 Å². The molecule has 0 unspecified atom stereocenters. The van der Waals surface area contributed by atoms with Gasteiger partial charge < -0.3 is 9.47 Å².